The standard InChI is InChI=1S/C12H30O6S5Si2/c1-9-11(24(13-3,14-4)15-5)19-21-23-22-20-12(10-2)25(16-6,17-7)18-8/h11-12H,9-10H2,1-8H3. The van der Waals surface area contributed by atoms with E-state index in [1.54, 1.807) is 93.7 Å². The summed E-state index contributed by atoms with van der Waals surface area (Å²) in [6, 6.07) is 0. The monoisotopic (exact) mass is 486 g/mol. The normalized spacial score (nSPS) is 15.4. The molecule has 0 aliphatic heterocycles. The summed E-state index contributed by atoms with van der Waals surface area (Å²) in [5, 5.41) is 0. The summed E-state index contributed by atoms with van der Waals surface area (Å²) in [6.07, 6.45) is 1.84. The van der Waals surface area contributed by atoms with Crippen molar-refractivity contribution in [3.05, 3.63) is 0 Å². The molecule has 0 bridgehead atoms. The first kappa shape index (κ1) is 26.9. The van der Waals surface area contributed by atoms with Crippen molar-refractivity contribution in [1.29, 1.82) is 0 Å². The van der Waals surface area contributed by atoms with Crippen LogP contribution in [0.3, 0.4) is 0 Å². The molecule has 0 radical (unpaired) electrons. The topological polar surface area (TPSA) is 55.4 Å². The minimum Gasteiger partial charge on any atom is -0.376 e. The average Bonchev–Trinajstić information content (AvgIpc) is 2.67. The van der Waals surface area contributed by atoms with E-state index < -0.39 is 17.6 Å². The lowest BCUT2D eigenvalue weighted by molar-refractivity contribution is 0.121. The molecule has 2 atom stereocenters. The van der Waals surface area contributed by atoms with Gasteiger partial charge in [0.15, 0.2) is 0 Å². The van der Waals surface area contributed by atoms with Crippen molar-refractivity contribution in [3.8, 4) is 0 Å². The molecule has 6 nitrogen and oxygen atoms in total. The Labute approximate surface area is 173 Å². The molecule has 0 aliphatic carbocycles. The summed E-state index contributed by atoms with van der Waals surface area (Å²) >= 11 is 0. The van der Waals surface area contributed by atoms with Crippen molar-refractivity contribution >= 4 is 68.7 Å². The van der Waals surface area contributed by atoms with Crippen LogP contribution in [0.1, 0.15) is 26.7 Å². The summed E-state index contributed by atoms with van der Waals surface area (Å²) in [5.41, 5.74) is 0. The van der Waals surface area contributed by atoms with Gasteiger partial charge < -0.3 is 26.6 Å². The van der Waals surface area contributed by atoms with Gasteiger partial charge in [-0.15, -0.1) is 0 Å². The maximum absolute atomic E-state index is 5.59. The number of rotatable bonds is 16. The van der Waals surface area contributed by atoms with E-state index in [2.05, 4.69) is 13.8 Å². The van der Waals surface area contributed by atoms with Crippen molar-refractivity contribution in [2.45, 2.75) is 36.4 Å². The molecule has 0 amide bonds. The number of hydrogen-bond acceptors (Lipinski definition) is 11. The molecule has 0 heterocycles. The molecule has 0 rings (SSSR count). The lowest BCUT2D eigenvalue weighted by Gasteiger charge is -2.31. The van der Waals surface area contributed by atoms with Gasteiger partial charge in [0.1, 0.15) is 0 Å². The molecular weight excluding hydrogens is 457 g/mol. The van der Waals surface area contributed by atoms with Crippen LogP contribution >= 0.6 is 51.1 Å². The van der Waals surface area contributed by atoms with Crippen LogP contribution in [0.15, 0.2) is 0 Å². The Morgan fingerprint density at radius 2 is 0.840 bits per heavy atom. The first-order valence-electron chi connectivity index (χ1n) is 7.62. The molecule has 152 valence electrons. The Morgan fingerprint density at radius 1 is 0.560 bits per heavy atom. The molecule has 2 unspecified atom stereocenters. The minimum absolute atomic E-state index is 0.183. The summed E-state index contributed by atoms with van der Waals surface area (Å²) in [5.74, 6) is 0. The van der Waals surface area contributed by atoms with Crippen molar-refractivity contribution in [2.75, 3.05) is 42.7 Å². The average molecular weight is 487 g/mol. The van der Waals surface area contributed by atoms with Gasteiger partial charge in [0.05, 0.1) is 9.75 Å². The zero-order valence-electron chi connectivity index (χ0n) is 16.1. The van der Waals surface area contributed by atoms with E-state index in [-0.39, 0.29) is 9.75 Å². The molecule has 0 aromatic carbocycles. The second kappa shape index (κ2) is 14.9. The van der Waals surface area contributed by atoms with E-state index in [0.717, 1.165) is 12.8 Å². The van der Waals surface area contributed by atoms with Crippen molar-refractivity contribution in [3.63, 3.8) is 0 Å². The maximum atomic E-state index is 5.59. The van der Waals surface area contributed by atoms with Crippen molar-refractivity contribution in [2.24, 2.45) is 0 Å². The second-order valence-corrected chi connectivity index (χ2v) is 19.7. The van der Waals surface area contributed by atoms with E-state index in [4.69, 9.17) is 26.6 Å². The third kappa shape index (κ3) is 7.70. The maximum Gasteiger partial charge on any atom is 0.514 e. The molecule has 13 heteroatoms. The summed E-state index contributed by atoms with van der Waals surface area (Å²) in [4.78, 5) is 0.367. The van der Waals surface area contributed by atoms with Gasteiger partial charge >= 0.3 is 17.6 Å². The van der Waals surface area contributed by atoms with Gasteiger partial charge in [0.2, 0.25) is 0 Å². The summed E-state index contributed by atoms with van der Waals surface area (Å²) in [6.45, 7) is 4.23. The van der Waals surface area contributed by atoms with Gasteiger partial charge in [-0.2, -0.15) is 0 Å². The van der Waals surface area contributed by atoms with Gasteiger partial charge in [-0.1, -0.05) is 35.4 Å². The summed E-state index contributed by atoms with van der Waals surface area (Å²) < 4.78 is 33.5. The molecule has 0 saturated heterocycles. The lowest BCUT2D eigenvalue weighted by Crippen LogP contribution is -2.52. The Bertz CT molecular complexity index is 293. The second-order valence-electron chi connectivity index (χ2n) is 4.62. The van der Waals surface area contributed by atoms with Crippen LogP contribution in [0, 0.1) is 0 Å². The fourth-order valence-electron chi connectivity index (χ4n) is 2.18. The summed E-state index contributed by atoms with van der Waals surface area (Å²) in [7, 11) is 13.3. The lowest BCUT2D eigenvalue weighted by atomic mass is 10.6. The highest BCUT2D eigenvalue weighted by molar-refractivity contribution is 9.35. The van der Waals surface area contributed by atoms with E-state index in [0.29, 0.717) is 0 Å². The Morgan fingerprint density at radius 3 is 1.04 bits per heavy atom. The molecule has 0 spiro atoms. The highest BCUT2D eigenvalue weighted by atomic mass is 33.8. The van der Waals surface area contributed by atoms with Gasteiger partial charge in [0.25, 0.3) is 0 Å². The fourth-order valence-corrected chi connectivity index (χ4v) is 21.5. The minimum atomic E-state index is -2.62. The van der Waals surface area contributed by atoms with E-state index in [9.17, 15) is 0 Å². The van der Waals surface area contributed by atoms with Crippen LogP contribution in [0.4, 0.5) is 0 Å². The zero-order valence-corrected chi connectivity index (χ0v) is 22.1. The van der Waals surface area contributed by atoms with Crippen LogP contribution in [-0.4, -0.2) is 70.0 Å². The SMILES string of the molecule is CCC(SSSSSC(CC)[Si](OC)(OC)OC)[Si](OC)(OC)OC. The smallest absolute Gasteiger partial charge is 0.376 e. The predicted molar refractivity (Wildman–Crippen MR) is 120 cm³/mol. The van der Waals surface area contributed by atoms with Crippen LogP contribution < -0.4 is 0 Å². The van der Waals surface area contributed by atoms with Gasteiger partial charge in [-0.25, -0.2) is 0 Å². The van der Waals surface area contributed by atoms with Crippen LogP contribution in [0.2, 0.25) is 0 Å². The van der Waals surface area contributed by atoms with E-state index in [1.807, 2.05) is 0 Å². The first-order chi connectivity index (χ1) is 12.0. The largest absolute Gasteiger partial charge is 0.514 e. The molecular formula is C12H30O6S5Si2. The Hall–Kier alpha value is 1.94. The van der Waals surface area contributed by atoms with Crippen LogP contribution in [0.25, 0.3) is 0 Å². The Kier molecular flexibility index (Phi) is 16.0. The highest BCUT2D eigenvalue weighted by Crippen LogP contribution is 2.53. The van der Waals surface area contributed by atoms with Gasteiger partial charge in [0, 0.05) is 42.7 Å². The zero-order chi connectivity index (χ0) is 19.3. The van der Waals surface area contributed by atoms with Crippen molar-refractivity contribution in [1.82, 2.24) is 0 Å². The van der Waals surface area contributed by atoms with Crippen LogP contribution in [0.5, 0.6) is 0 Å². The van der Waals surface area contributed by atoms with Gasteiger partial charge in [-0.3, -0.25) is 0 Å². The third-order valence-corrected chi connectivity index (χ3v) is 21.9. The predicted octanol–water partition coefficient (Wildman–Crippen LogP) is 4.70. The van der Waals surface area contributed by atoms with Crippen molar-refractivity contribution < 1.29 is 26.6 Å². The van der Waals surface area contributed by atoms with E-state index in [1.165, 1.54) is 0 Å². The van der Waals surface area contributed by atoms with E-state index >= 15 is 0 Å². The molecule has 0 aliphatic rings. The molecule has 0 aromatic rings. The highest BCUT2D eigenvalue weighted by Gasteiger charge is 2.48. The Balaban J connectivity index is 4.47. The fraction of sp³-hybridized carbons (Fsp3) is 1.00. The molecule has 25 heavy (non-hydrogen) atoms. The molecule has 0 N–H and O–H groups in total. The van der Waals surface area contributed by atoms with Crippen LogP contribution in [-0.2, 0) is 26.6 Å². The molecule has 0 saturated carbocycles. The number of hydrogen-bond donors (Lipinski definition) is 0. The first-order valence-corrected chi connectivity index (χ1v) is 17.5. The van der Waals surface area contributed by atoms with Gasteiger partial charge in [-0.05, 0) is 42.3 Å². The quantitative estimate of drug-likeness (QED) is 0.173. The molecule has 0 aromatic heterocycles. The third-order valence-electron chi connectivity index (χ3n) is 3.60. The molecule has 0 fully saturated rings.